The molecule has 0 spiro atoms. The molecule has 1 N–H and O–H groups in total. The number of nitrogens with one attached hydrogen (secondary N) is 1. The van der Waals surface area contributed by atoms with E-state index in [0.29, 0.717) is 46.2 Å². The Morgan fingerprint density at radius 1 is 1.13 bits per heavy atom. The number of anilines is 1. The Labute approximate surface area is 191 Å². The summed E-state index contributed by atoms with van der Waals surface area (Å²) in [6.07, 6.45) is 1.17. The van der Waals surface area contributed by atoms with E-state index in [2.05, 4.69) is 10.1 Å². The molecule has 2 aromatic rings. The van der Waals surface area contributed by atoms with Crippen LogP contribution in [0.5, 0.6) is 0 Å². The number of amides is 1. The van der Waals surface area contributed by atoms with E-state index >= 15 is 0 Å². The lowest BCUT2D eigenvalue weighted by Gasteiger charge is -2.31. The van der Waals surface area contributed by atoms with Crippen molar-refractivity contribution < 1.29 is 22.7 Å². The number of piperidine rings is 1. The van der Waals surface area contributed by atoms with Crippen molar-refractivity contribution in [3.63, 3.8) is 0 Å². The number of carbonyl (C=O) groups is 2. The van der Waals surface area contributed by atoms with Crippen LogP contribution in [-0.4, -0.2) is 44.8 Å². The summed E-state index contributed by atoms with van der Waals surface area (Å²) in [7, 11) is -2.33. The van der Waals surface area contributed by atoms with Crippen molar-refractivity contribution >= 4 is 50.8 Å². The van der Waals surface area contributed by atoms with E-state index in [1.54, 1.807) is 36.4 Å². The molecule has 7 nitrogen and oxygen atoms in total. The first kappa shape index (κ1) is 23.5. The van der Waals surface area contributed by atoms with Crippen LogP contribution in [0.15, 0.2) is 42.5 Å². The van der Waals surface area contributed by atoms with Crippen LogP contribution in [0.2, 0.25) is 10.0 Å². The zero-order valence-electron chi connectivity index (χ0n) is 16.8. The maximum absolute atomic E-state index is 12.9. The van der Waals surface area contributed by atoms with Gasteiger partial charge in [0.05, 0.1) is 34.4 Å². The lowest BCUT2D eigenvalue weighted by atomic mass is 9.98. The Bertz CT molecular complexity index is 1070. The van der Waals surface area contributed by atoms with Gasteiger partial charge in [-0.1, -0.05) is 29.3 Å². The highest BCUT2D eigenvalue weighted by atomic mass is 35.5. The number of esters is 1. The summed E-state index contributed by atoms with van der Waals surface area (Å²) in [6.45, 7) is 0.469. The molecule has 1 unspecified atom stereocenters. The largest absolute Gasteiger partial charge is 0.465 e. The molecule has 3 rings (SSSR count). The maximum atomic E-state index is 12.9. The van der Waals surface area contributed by atoms with Crippen molar-refractivity contribution in [3.8, 4) is 0 Å². The van der Waals surface area contributed by atoms with E-state index in [1.165, 1.54) is 17.5 Å². The topological polar surface area (TPSA) is 92.8 Å². The van der Waals surface area contributed by atoms with Crippen molar-refractivity contribution in [2.24, 2.45) is 5.92 Å². The Morgan fingerprint density at radius 3 is 2.48 bits per heavy atom. The van der Waals surface area contributed by atoms with Crippen LogP contribution in [0.25, 0.3) is 0 Å². The molecule has 0 bridgehead atoms. The molecule has 1 amide bonds. The predicted octanol–water partition coefficient (Wildman–Crippen LogP) is 3.96. The highest BCUT2D eigenvalue weighted by Gasteiger charge is 2.32. The van der Waals surface area contributed by atoms with Crippen LogP contribution < -0.4 is 5.32 Å². The first-order valence-electron chi connectivity index (χ1n) is 9.60. The molecule has 1 heterocycles. The van der Waals surface area contributed by atoms with Crippen molar-refractivity contribution in [1.29, 1.82) is 0 Å². The van der Waals surface area contributed by atoms with Crippen molar-refractivity contribution in [1.82, 2.24) is 4.31 Å². The smallest absolute Gasteiger partial charge is 0.337 e. The molecule has 2 aromatic carbocycles. The molecule has 1 saturated heterocycles. The van der Waals surface area contributed by atoms with E-state index < -0.39 is 21.9 Å². The van der Waals surface area contributed by atoms with E-state index in [9.17, 15) is 18.0 Å². The van der Waals surface area contributed by atoms with Gasteiger partial charge in [-0.15, -0.1) is 0 Å². The van der Waals surface area contributed by atoms with Gasteiger partial charge in [0.2, 0.25) is 15.9 Å². The number of hydrogen-bond donors (Lipinski definition) is 1. The number of hydrogen-bond acceptors (Lipinski definition) is 5. The summed E-state index contributed by atoms with van der Waals surface area (Å²) in [5.41, 5.74) is 1.43. The number of ether oxygens (including phenoxy) is 1. The second kappa shape index (κ2) is 9.99. The number of benzene rings is 2. The summed E-state index contributed by atoms with van der Waals surface area (Å²) < 4.78 is 31.8. The number of carbonyl (C=O) groups excluding carboxylic acids is 2. The molecule has 1 aliphatic heterocycles. The van der Waals surface area contributed by atoms with Crippen LogP contribution in [0, 0.1) is 5.92 Å². The SMILES string of the molecule is COC(=O)c1ccc(NC(=O)C2CCCN(S(=O)(=O)Cc3ccc(Cl)c(Cl)c3)C2)cc1. The lowest BCUT2D eigenvalue weighted by Crippen LogP contribution is -2.44. The highest BCUT2D eigenvalue weighted by Crippen LogP contribution is 2.26. The minimum absolute atomic E-state index is 0.107. The highest BCUT2D eigenvalue weighted by molar-refractivity contribution is 7.88. The average Bonchev–Trinajstić information content (AvgIpc) is 2.76. The van der Waals surface area contributed by atoms with E-state index in [1.807, 2.05) is 0 Å². The molecule has 0 aromatic heterocycles. The quantitative estimate of drug-likeness (QED) is 0.626. The molecule has 1 aliphatic rings. The molecule has 0 saturated carbocycles. The van der Waals surface area contributed by atoms with Gasteiger partial charge >= 0.3 is 5.97 Å². The number of halogens is 2. The van der Waals surface area contributed by atoms with E-state index in [-0.39, 0.29) is 18.2 Å². The molecular weight excluding hydrogens is 463 g/mol. The first-order chi connectivity index (χ1) is 14.7. The van der Waals surface area contributed by atoms with Crippen LogP contribution in [0.3, 0.4) is 0 Å². The molecule has 166 valence electrons. The predicted molar refractivity (Wildman–Crippen MR) is 120 cm³/mol. The zero-order valence-corrected chi connectivity index (χ0v) is 19.1. The summed E-state index contributed by atoms with van der Waals surface area (Å²) in [6, 6.07) is 11.0. The lowest BCUT2D eigenvalue weighted by molar-refractivity contribution is -0.120. The Hall–Kier alpha value is -2.13. The van der Waals surface area contributed by atoms with Crippen LogP contribution in [0.4, 0.5) is 5.69 Å². The van der Waals surface area contributed by atoms with Crippen LogP contribution >= 0.6 is 23.2 Å². The fraction of sp³-hybridized carbons (Fsp3) is 0.333. The Balaban J connectivity index is 1.64. The monoisotopic (exact) mass is 484 g/mol. The van der Waals surface area contributed by atoms with Gasteiger partial charge in [0.15, 0.2) is 0 Å². The second-order valence-corrected chi connectivity index (χ2v) is 10.0. The number of nitrogens with zero attached hydrogens (tertiary/aromatic N) is 1. The van der Waals surface area contributed by atoms with Gasteiger partial charge in [0.1, 0.15) is 0 Å². The van der Waals surface area contributed by atoms with Crippen molar-refractivity contribution in [3.05, 3.63) is 63.6 Å². The van der Waals surface area contributed by atoms with Gasteiger partial charge in [-0.25, -0.2) is 17.5 Å². The van der Waals surface area contributed by atoms with Gasteiger partial charge in [-0.3, -0.25) is 4.79 Å². The van der Waals surface area contributed by atoms with Crippen LogP contribution in [0.1, 0.15) is 28.8 Å². The average molecular weight is 485 g/mol. The Kier molecular flexibility index (Phi) is 7.59. The fourth-order valence-corrected chi connectivity index (χ4v) is 5.31. The van der Waals surface area contributed by atoms with Crippen molar-refractivity contribution in [2.45, 2.75) is 18.6 Å². The third-order valence-corrected chi connectivity index (χ3v) is 7.61. The van der Waals surface area contributed by atoms with Gasteiger partial charge in [-0.2, -0.15) is 0 Å². The molecule has 0 aliphatic carbocycles. The van der Waals surface area contributed by atoms with Crippen LogP contribution in [-0.2, 0) is 25.3 Å². The number of sulfonamides is 1. The minimum atomic E-state index is -3.62. The number of methoxy groups -OCH3 is 1. The third-order valence-electron chi connectivity index (χ3n) is 5.05. The second-order valence-electron chi connectivity index (χ2n) is 7.26. The molecule has 10 heteroatoms. The van der Waals surface area contributed by atoms with Gasteiger partial charge in [0, 0.05) is 18.8 Å². The van der Waals surface area contributed by atoms with Crippen molar-refractivity contribution in [2.75, 3.05) is 25.5 Å². The van der Waals surface area contributed by atoms with E-state index in [4.69, 9.17) is 23.2 Å². The maximum Gasteiger partial charge on any atom is 0.337 e. The molecule has 31 heavy (non-hydrogen) atoms. The molecule has 1 atom stereocenters. The fourth-order valence-electron chi connectivity index (χ4n) is 3.39. The van der Waals surface area contributed by atoms with E-state index in [0.717, 1.165) is 0 Å². The van der Waals surface area contributed by atoms with Gasteiger partial charge in [0.25, 0.3) is 0 Å². The minimum Gasteiger partial charge on any atom is -0.465 e. The first-order valence-corrected chi connectivity index (χ1v) is 12.0. The molecule has 1 fully saturated rings. The normalized spacial score (nSPS) is 17.2. The summed E-state index contributed by atoms with van der Waals surface area (Å²) in [5, 5.41) is 3.44. The summed E-state index contributed by atoms with van der Waals surface area (Å²) >= 11 is 11.9. The van der Waals surface area contributed by atoms with Gasteiger partial charge < -0.3 is 10.1 Å². The number of rotatable bonds is 6. The molecular formula is C21H22Cl2N2O5S. The molecule has 0 radical (unpaired) electrons. The zero-order chi connectivity index (χ0) is 22.6. The summed E-state index contributed by atoms with van der Waals surface area (Å²) in [5.74, 6) is -1.42. The standard InChI is InChI=1S/C21H22Cl2N2O5S/c1-30-21(27)15-5-7-17(8-6-15)24-20(26)16-3-2-10-25(12-16)31(28,29)13-14-4-9-18(22)19(23)11-14/h4-9,11,16H,2-3,10,12-13H2,1H3,(H,24,26). The summed E-state index contributed by atoms with van der Waals surface area (Å²) in [4.78, 5) is 24.2. The van der Waals surface area contributed by atoms with Gasteiger partial charge in [-0.05, 0) is 54.8 Å². The Morgan fingerprint density at radius 2 is 1.84 bits per heavy atom. The third kappa shape index (κ3) is 5.98.